The Morgan fingerprint density at radius 1 is 1.50 bits per heavy atom. The lowest BCUT2D eigenvalue weighted by Crippen LogP contribution is -1.86. The van der Waals surface area contributed by atoms with Crippen molar-refractivity contribution in [2.24, 2.45) is 5.18 Å². The summed E-state index contributed by atoms with van der Waals surface area (Å²) in [6, 6.07) is 5.95. The van der Waals surface area contributed by atoms with Gasteiger partial charge in [-0.25, -0.2) is 0 Å². The Bertz CT molecular complexity index is 324. The maximum Gasteiger partial charge on any atom is 0.117 e. The van der Waals surface area contributed by atoms with Crippen molar-refractivity contribution >= 4 is 15.9 Å². The van der Waals surface area contributed by atoms with E-state index in [1.54, 1.807) is 0 Å². The van der Waals surface area contributed by atoms with Crippen LogP contribution in [0.25, 0.3) is 0 Å². The highest BCUT2D eigenvalue weighted by atomic mass is 79.9. The zero-order chi connectivity index (χ0) is 8.55. The SMILES string of the molecule is O=NC1CCc2ccc(Br)cc21. The Morgan fingerprint density at radius 2 is 2.33 bits per heavy atom. The molecular weight excluding hydrogens is 218 g/mol. The molecule has 12 heavy (non-hydrogen) atoms. The molecular formula is C9H8BrNO. The van der Waals surface area contributed by atoms with Crippen LogP contribution in [0.15, 0.2) is 27.8 Å². The van der Waals surface area contributed by atoms with Crippen molar-refractivity contribution in [1.82, 2.24) is 0 Å². The van der Waals surface area contributed by atoms with Gasteiger partial charge in [0.15, 0.2) is 0 Å². The van der Waals surface area contributed by atoms with Crippen LogP contribution in [-0.4, -0.2) is 0 Å². The molecule has 1 aliphatic rings. The fraction of sp³-hybridized carbons (Fsp3) is 0.333. The molecule has 62 valence electrons. The maximum absolute atomic E-state index is 10.4. The topological polar surface area (TPSA) is 29.4 Å². The minimum atomic E-state index is -0.113. The molecule has 0 amide bonds. The molecule has 1 atom stereocenters. The predicted molar refractivity (Wildman–Crippen MR) is 51.0 cm³/mol. The standard InChI is InChI=1S/C9H8BrNO/c10-7-3-1-6-2-4-9(11-12)8(6)5-7/h1,3,5,9H,2,4H2. The normalized spacial score (nSPS) is 20.6. The van der Waals surface area contributed by atoms with E-state index in [1.165, 1.54) is 5.56 Å². The molecule has 0 saturated heterocycles. The summed E-state index contributed by atoms with van der Waals surface area (Å²) in [4.78, 5) is 10.4. The number of rotatable bonds is 1. The van der Waals surface area contributed by atoms with E-state index in [1.807, 2.05) is 12.1 Å². The summed E-state index contributed by atoms with van der Waals surface area (Å²) >= 11 is 3.38. The maximum atomic E-state index is 10.4. The van der Waals surface area contributed by atoms with Gasteiger partial charge >= 0.3 is 0 Å². The highest BCUT2D eigenvalue weighted by Gasteiger charge is 2.22. The summed E-state index contributed by atoms with van der Waals surface area (Å²) in [5.41, 5.74) is 2.36. The molecule has 0 N–H and O–H groups in total. The predicted octanol–water partition coefficient (Wildman–Crippen LogP) is 3.20. The Labute approximate surface area is 79.1 Å². The van der Waals surface area contributed by atoms with Gasteiger partial charge in [-0.1, -0.05) is 27.2 Å². The molecule has 1 aromatic carbocycles. The van der Waals surface area contributed by atoms with E-state index in [0.29, 0.717) is 0 Å². The van der Waals surface area contributed by atoms with E-state index < -0.39 is 0 Å². The number of benzene rings is 1. The fourth-order valence-electron chi connectivity index (χ4n) is 1.66. The van der Waals surface area contributed by atoms with Crippen LogP contribution >= 0.6 is 15.9 Å². The summed E-state index contributed by atoms with van der Waals surface area (Å²) in [6.07, 6.45) is 1.86. The van der Waals surface area contributed by atoms with Crippen LogP contribution in [0.5, 0.6) is 0 Å². The number of nitroso groups, excluding NO2 is 1. The lowest BCUT2D eigenvalue weighted by molar-refractivity contribution is 0.709. The van der Waals surface area contributed by atoms with Crippen LogP contribution in [0.4, 0.5) is 0 Å². The molecule has 0 heterocycles. The van der Waals surface area contributed by atoms with Crippen LogP contribution in [0.1, 0.15) is 23.6 Å². The molecule has 0 radical (unpaired) electrons. The van der Waals surface area contributed by atoms with Gasteiger partial charge in [0.05, 0.1) is 0 Å². The van der Waals surface area contributed by atoms with Gasteiger partial charge in [0.25, 0.3) is 0 Å². The first-order valence-corrected chi connectivity index (χ1v) is 4.71. The molecule has 2 rings (SSSR count). The Balaban J connectivity index is 2.49. The largest absolute Gasteiger partial charge is 0.150 e. The molecule has 0 bridgehead atoms. The van der Waals surface area contributed by atoms with Crippen molar-refractivity contribution in [2.45, 2.75) is 18.9 Å². The second-order valence-corrected chi connectivity index (χ2v) is 3.92. The van der Waals surface area contributed by atoms with Crippen molar-refractivity contribution in [2.75, 3.05) is 0 Å². The first-order chi connectivity index (χ1) is 5.81. The molecule has 1 aromatic rings. The van der Waals surface area contributed by atoms with E-state index in [-0.39, 0.29) is 6.04 Å². The minimum Gasteiger partial charge on any atom is -0.150 e. The smallest absolute Gasteiger partial charge is 0.117 e. The van der Waals surface area contributed by atoms with Crippen molar-refractivity contribution < 1.29 is 0 Å². The second-order valence-electron chi connectivity index (χ2n) is 3.00. The summed E-state index contributed by atoms with van der Waals surface area (Å²) in [7, 11) is 0. The lowest BCUT2D eigenvalue weighted by atomic mass is 10.1. The summed E-state index contributed by atoms with van der Waals surface area (Å²) in [6.45, 7) is 0. The number of hydrogen-bond acceptors (Lipinski definition) is 2. The van der Waals surface area contributed by atoms with Crippen molar-refractivity contribution in [3.8, 4) is 0 Å². The molecule has 3 heteroatoms. The third-order valence-electron chi connectivity index (χ3n) is 2.28. The van der Waals surface area contributed by atoms with Crippen molar-refractivity contribution in [1.29, 1.82) is 0 Å². The molecule has 2 nitrogen and oxygen atoms in total. The summed E-state index contributed by atoms with van der Waals surface area (Å²) in [5, 5.41) is 3.10. The summed E-state index contributed by atoms with van der Waals surface area (Å²) in [5.74, 6) is 0. The molecule has 0 spiro atoms. The molecule has 1 aliphatic carbocycles. The first-order valence-electron chi connectivity index (χ1n) is 3.92. The summed E-state index contributed by atoms with van der Waals surface area (Å²) < 4.78 is 1.02. The Kier molecular flexibility index (Phi) is 1.97. The van der Waals surface area contributed by atoms with Crippen LogP contribution in [0.2, 0.25) is 0 Å². The molecule has 0 aromatic heterocycles. The van der Waals surface area contributed by atoms with E-state index in [9.17, 15) is 4.91 Å². The van der Waals surface area contributed by atoms with Gasteiger partial charge in [-0.2, -0.15) is 4.91 Å². The molecule has 0 fully saturated rings. The number of nitrogens with zero attached hydrogens (tertiary/aromatic N) is 1. The van der Waals surface area contributed by atoms with Crippen molar-refractivity contribution in [3.63, 3.8) is 0 Å². The van der Waals surface area contributed by atoms with Crippen LogP contribution in [-0.2, 0) is 6.42 Å². The highest BCUT2D eigenvalue weighted by Crippen LogP contribution is 2.35. The van der Waals surface area contributed by atoms with Gasteiger partial charge < -0.3 is 0 Å². The molecule has 1 unspecified atom stereocenters. The van der Waals surface area contributed by atoms with Gasteiger partial charge in [-0.3, -0.25) is 0 Å². The van der Waals surface area contributed by atoms with Crippen LogP contribution in [0.3, 0.4) is 0 Å². The third kappa shape index (κ3) is 1.18. The highest BCUT2D eigenvalue weighted by molar-refractivity contribution is 9.10. The number of hydrogen-bond donors (Lipinski definition) is 0. The monoisotopic (exact) mass is 225 g/mol. The fourth-order valence-corrected chi connectivity index (χ4v) is 2.04. The van der Waals surface area contributed by atoms with E-state index in [0.717, 1.165) is 22.9 Å². The van der Waals surface area contributed by atoms with Gasteiger partial charge in [0.1, 0.15) is 6.04 Å². The van der Waals surface area contributed by atoms with E-state index in [2.05, 4.69) is 27.2 Å². The Hall–Kier alpha value is -0.700. The van der Waals surface area contributed by atoms with Gasteiger partial charge in [0.2, 0.25) is 0 Å². The number of halogens is 1. The zero-order valence-electron chi connectivity index (χ0n) is 6.46. The van der Waals surface area contributed by atoms with Crippen LogP contribution in [0, 0.1) is 4.91 Å². The quantitative estimate of drug-likeness (QED) is 0.676. The first kappa shape index (κ1) is 7.92. The second kappa shape index (κ2) is 2.98. The Morgan fingerprint density at radius 3 is 3.08 bits per heavy atom. The number of fused-ring (bicyclic) bond motifs is 1. The van der Waals surface area contributed by atoms with E-state index >= 15 is 0 Å². The molecule has 0 aliphatic heterocycles. The van der Waals surface area contributed by atoms with Crippen LogP contribution < -0.4 is 0 Å². The van der Waals surface area contributed by atoms with Gasteiger partial charge in [0, 0.05) is 4.47 Å². The average molecular weight is 226 g/mol. The van der Waals surface area contributed by atoms with E-state index in [4.69, 9.17) is 0 Å². The average Bonchev–Trinajstić information content (AvgIpc) is 2.46. The third-order valence-corrected chi connectivity index (χ3v) is 2.77. The van der Waals surface area contributed by atoms with Gasteiger partial charge in [-0.05, 0) is 36.1 Å². The van der Waals surface area contributed by atoms with Gasteiger partial charge in [-0.15, -0.1) is 0 Å². The lowest BCUT2D eigenvalue weighted by Gasteiger charge is -2.01. The van der Waals surface area contributed by atoms with Crippen molar-refractivity contribution in [3.05, 3.63) is 38.7 Å². The molecule has 0 saturated carbocycles. The number of aryl methyl sites for hydroxylation is 1. The zero-order valence-corrected chi connectivity index (χ0v) is 8.04. The minimum absolute atomic E-state index is 0.113.